The largest absolute Gasteiger partial charge is 0.469 e. The van der Waals surface area contributed by atoms with Gasteiger partial charge in [0.25, 0.3) is 0 Å². The van der Waals surface area contributed by atoms with E-state index in [-0.39, 0.29) is 0 Å². The van der Waals surface area contributed by atoms with Crippen molar-refractivity contribution < 1.29 is 4.42 Å². The molecule has 1 aliphatic carbocycles. The first-order valence-electron chi connectivity index (χ1n) is 8.08. The third-order valence-corrected chi connectivity index (χ3v) is 4.56. The van der Waals surface area contributed by atoms with Crippen molar-refractivity contribution in [2.24, 2.45) is 5.92 Å². The topological polar surface area (TPSA) is 25.2 Å². The molecule has 0 saturated heterocycles. The van der Waals surface area contributed by atoms with E-state index in [0.717, 1.165) is 24.5 Å². The Morgan fingerprint density at radius 1 is 1.32 bits per heavy atom. The number of rotatable bonds is 7. The lowest BCUT2D eigenvalue weighted by Gasteiger charge is -2.32. The monoisotopic (exact) mass is 263 g/mol. The summed E-state index contributed by atoms with van der Waals surface area (Å²) in [6.07, 6.45) is 12.4. The maximum atomic E-state index is 5.40. The Kier molecular flexibility index (Phi) is 5.96. The predicted octanol–water partition coefficient (Wildman–Crippen LogP) is 4.55. The van der Waals surface area contributed by atoms with Crippen LogP contribution in [0, 0.1) is 5.92 Å². The molecule has 108 valence electrons. The highest BCUT2D eigenvalue weighted by atomic mass is 16.3. The highest BCUT2D eigenvalue weighted by Crippen LogP contribution is 2.28. The second kappa shape index (κ2) is 7.74. The zero-order valence-corrected chi connectivity index (χ0v) is 12.5. The van der Waals surface area contributed by atoms with Gasteiger partial charge in [-0.15, -0.1) is 0 Å². The van der Waals surface area contributed by atoms with Gasteiger partial charge in [-0.25, -0.2) is 0 Å². The first kappa shape index (κ1) is 14.6. The number of aryl methyl sites for hydroxylation is 1. The van der Waals surface area contributed by atoms with E-state index in [2.05, 4.69) is 25.2 Å². The summed E-state index contributed by atoms with van der Waals surface area (Å²) in [6, 6.07) is 5.35. The molecule has 0 aliphatic heterocycles. The second-order valence-electron chi connectivity index (χ2n) is 6.10. The third kappa shape index (κ3) is 4.68. The molecule has 2 nitrogen and oxygen atoms in total. The smallest absolute Gasteiger partial charge is 0.103 e. The Bertz CT molecular complexity index is 327. The van der Waals surface area contributed by atoms with Gasteiger partial charge >= 0.3 is 0 Å². The zero-order valence-electron chi connectivity index (χ0n) is 12.5. The van der Waals surface area contributed by atoms with Crippen molar-refractivity contribution in [3.8, 4) is 0 Å². The van der Waals surface area contributed by atoms with E-state index >= 15 is 0 Å². The Labute approximate surface area is 118 Å². The summed E-state index contributed by atoms with van der Waals surface area (Å²) in [4.78, 5) is 0. The van der Waals surface area contributed by atoms with Gasteiger partial charge in [0.2, 0.25) is 0 Å². The quantitative estimate of drug-likeness (QED) is 0.780. The molecule has 0 bridgehead atoms. The van der Waals surface area contributed by atoms with Crippen LogP contribution in [0.25, 0.3) is 0 Å². The molecule has 1 aromatic rings. The standard InChI is InChI=1S/C17H29NO/c1-3-17(15-8-5-4-6-9-15)18-14(2)11-12-16-10-7-13-19-16/h7,10,13-15,17-18H,3-6,8-9,11-12H2,1-2H3. The van der Waals surface area contributed by atoms with Crippen LogP contribution in [0.4, 0.5) is 0 Å². The first-order chi connectivity index (χ1) is 9.29. The van der Waals surface area contributed by atoms with Crippen LogP contribution >= 0.6 is 0 Å². The van der Waals surface area contributed by atoms with E-state index in [1.807, 2.05) is 6.07 Å². The van der Waals surface area contributed by atoms with Crippen molar-refractivity contribution in [1.82, 2.24) is 5.32 Å². The van der Waals surface area contributed by atoms with Crippen LogP contribution in [-0.2, 0) is 6.42 Å². The van der Waals surface area contributed by atoms with Crippen LogP contribution in [0.1, 0.15) is 64.6 Å². The summed E-state index contributed by atoms with van der Waals surface area (Å²) in [5, 5.41) is 3.86. The van der Waals surface area contributed by atoms with E-state index in [1.54, 1.807) is 6.26 Å². The molecule has 1 N–H and O–H groups in total. The highest BCUT2D eigenvalue weighted by Gasteiger charge is 2.23. The lowest BCUT2D eigenvalue weighted by atomic mass is 9.82. The molecular formula is C17H29NO. The van der Waals surface area contributed by atoms with E-state index in [4.69, 9.17) is 4.42 Å². The average Bonchev–Trinajstić information content (AvgIpc) is 2.97. The molecule has 1 aliphatic rings. The second-order valence-corrected chi connectivity index (χ2v) is 6.10. The fourth-order valence-corrected chi connectivity index (χ4v) is 3.39. The van der Waals surface area contributed by atoms with Crippen molar-refractivity contribution in [3.05, 3.63) is 24.2 Å². The lowest BCUT2D eigenvalue weighted by molar-refractivity contribution is 0.245. The Morgan fingerprint density at radius 3 is 2.74 bits per heavy atom. The fourth-order valence-electron chi connectivity index (χ4n) is 3.39. The summed E-state index contributed by atoms with van der Waals surface area (Å²) < 4.78 is 5.40. The Balaban J connectivity index is 1.73. The van der Waals surface area contributed by atoms with Gasteiger partial charge < -0.3 is 9.73 Å². The summed E-state index contributed by atoms with van der Waals surface area (Å²) in [5.41, 5.74) is 0. The van der Waals surface area contributed by atoms with Gasteiger partial charge in [0, 0.05) is 18.5 Å². The van der Waals surface area contributed by atoms with Gasteiger partial charge in [-0.2, -0.15) is 0 Å². The minimum Gasteiger partial charge on any atom is -0.469 e. The molecule has 1 saturated carbocycles. The van der Waals surface area contributed by atoms with Crippen LogP contribution in [0.2, 0.25) is 0 Å². The predicted molar refractivity (Wildman–Crippen MR) is 80.3 cm³/mol. The first-order valence-corrected chi connectivity index (χ1v) is 8.08. The SMILES string of the molecule is CCC(NC(C)CCc1ccco1)C1CCCCC1. The summed E-state index contributed by atoms with van der Waals surface area (Å²) in [6.45, 7) is 4.64. The summed E-state index contributed by atoms with van der Waals surface area (Å²) >= 11 is 0. The molecule has 2 heteroatoms. The lowest BCUT2D eigenvalue weighted by Crippen LogP contribution is -2.42. The maximum Gasteiger partial charge on any atom is 0.103 e. The minimum atomic E-state index is 0.581. The van der Waals surface area contributed by atoms with Crippen molar-refractivity contribution in [2.45, 2.75) is 77.3 Å². The van der Waals surface area contributed by atoms with Crippen LogP contribution in [0.3, 0.4) is 0 Å². The highest BCUT2D eigenvalue weighted by molar-refractivity contribution is 4.98. The number of hydrogen-bond donors (Lipinski definition) is 1. The van der Waals surface area contributed by atoms with Gasteiger partial charge in [-0.3, -0.25) is 0 Å². The Hall–Kier alpha value is -0.760. The van der Waals surface area contributed by atoms with Crippen LogP contribution in [0.15, 0.2) is 22.8 Å². The van der Waals surface area contributed by atoms with E-state index in [1.165, 1.54) is 38.5 Å². The van der Waals surface area contributed by atoms with E-state index in [9.17, 15) is 0 Å². The molecule has 1 heterocycles. The minimum absolute atomic E-state index is 0.581. The van der Waals surface area contributed by atoms with Gasteiger partial charge in [0.15, 0.2) is 0 Å². The fraction of sp³-hybridized carbons (Fsp3) is 0.765. The molecule has 0 spiro atoms. The molecule has 1 fully saturated rings. The van der Waals surface area contributed by atoms with Gasteiger partial charge in [0.05, 0.1) is 6.26 Å². The van der Waals surface area contributed by atoms with Crippen LogP contribution in [-0.4, -0.2) is 12.1 Å². The van der Waals surface area contributed by atoms with Crippen LogP contribution in [0.5, 0.6) is 0 Å². The number of furan rings is 1. The van der Waals surface area contributed by atoms with Crippen molar-refractivity contribution in [1.29, 1.82) is 0 Å². The number of nitrogens with one attached hydrogen (secondary N) is 1. The van der Waals surface area contributed by atoms with Crippen molar-refractivity contribution in [3.63, 3.8) is 0 Å². The molecule has 2 rings (SSSR count). The third-order valence-electron chi connectivity index (χ3n) is 4.56. The van der Waals surface area contributed by atoms with Crippen molar-refractivity contribution in [2.75, 3.05) is 0 Å². The van der Waals surface area contributed by atoms with E-state index in [0.29, 0.717) is 12.1 Å². The molecule has 1 aromatic heterocycles. The molecule has 19 heavy (non-hydrogen) atoms. The van der Waals surface area contributed by atoms with Crippen LogP contribution < -0.4 is 5.32 Å². The molecule has 0 aromatic carbocycles. The Morgan fingerprint density at radius 2 is 2.11 bits per heavy atom. The van der Waals surface area contributed by atoms with Gasteiger partial charge in [-0.05, 0) is 50.7 Å². The zero-order chi connectivity index (χ0) is 13.5. The molecule has 2 unspecified atom stereocenters. The normalized spacial score (nSPS) is 20.3. The van der Waals surface area contributed by atoms with Gasteiger partial charge in [0.1, 0.15) is 5.76 Å². The van der Waals surface area contributed by atoms with E-state index < -0.39 is 0 Å². The summed E-state index contributed by atoms with van der Waals surface area (Å²) in [7, 11) is 0. The maximum absolute atomic E-state index is 5.40. The molecule has 0 amide bonds. The average molecular weight is 263 g/mol. The molecular weight excluding hydrogens is 234 g/mol. The molecule has 2 atom stereocenters. The molecule has 0 radical (unpaired) electrons. The van der Waals surface area contributed by atoms with Crippen molar-refractivity contribution >= 4 is 0 Å². The van der Waals surface area contributed by atoms with Gasteiger partial charge in [-0.1, -0.05) is 26.2 Å². The number of hydrogen-bond acceptors (Lipinski definition) is 2. The summed E-state index contributed by atoms with van der Waals surface area (Å²) in [5.74, 6) is 2.02.